The fourth-order valence-corrected chi connectivity index (χ4v) is 4.11. The number of hydrogen-bond acceptors (Lipinski definition) is 5. The zero-order chi connectivity index (χ0) is 19.6. The number of imidazole rings is 1. The highest BCUT2D eigenvalue weighted by Crippen LogP contribution is 2.24. The van der Waals surface area contributed by atoms with Gasteiger partial charge in [-0.1, -0.05) is 36.7 Å². The predicted molar refractivity (Wildman–Crippen MR) is 102 cm³/mol. The number of rotatable bonds is 5. The minimum atomic E-state index is -4.02. The molecule has 1 aromatic carbocycles. The van der Waals surface area contributed by atoms with Gasteiger partial charge >= 0.3 is 0 Å². The maximum absolute atomic E-state index is 12.6. The molecule has 3 rings (SSSR count). The van der Waals surface area contributed by atoms with Gasteiger partial charge in [0.1, 0.15) is 11.4 Å². The number of pyridine rings is 1. The summed E-state index contributed by atoms with van der Waals surface area (Å²) in [5, 5.41) is 0.377. The summed E-state index contributed by atoms with van der Waals surface area (Å²) in [5.41, 5.74) is 0.978. The van der Waals surface area contributed by atoms with Crippen LogP contribution in [0.4, 0.5) is 0 Å². The van der Waals surface area contributed by atoms with Crippen molar-refractivity contribution in [3.63, 3.8) is 0 Å². The maximum atomic E-state index is 12.6. The van der Waals surface area contributed by atoms with Crippen LogP contribution in [0.3, 0.4) is 0 Å². The number of nitrogens with one attached hydrogen (secondary N) is 1. The number of carbonyl (C=O) groups is 1. The SMILES string of the molecule is CCc1ccccc1S(=O)(=O)NC(=O)c1cn(C)c(-c2ncccc2Cl)n1. The number of benzene rings is 1. The van der Waals surface area contributed by atoms with Crippen LogP contribution >= 0.6 is 11.6 Å². The van der Waals surface area contributed by atoms with Crippen molar-refractivity contribution in [1.82, 2.24) is 19.3 Å². The molecule has 7 nitrogen and oxygen atoms in total. The minimum absolute atomic E-state index is 0.0493. The van der Waals surface area contributed by atoms with E-state index in [1.165, 1.54) is 12.3 Å². The van der Waals surface area contributed by atoms with Crippen molar-refractivity contribution >= 4 is 27.5 Å². The van der Waals surface area contributed by atoms with Crippen LogP contribution in [-0.4, -0.2) is 28.9 Å². The summed E-state index contributed by atoms with van der Waals surface area (Å²) in [4.78, 5) is 20.9. The Morgan fingerprint density at radius 2 is 1.96 bits per heavy atom. The van der Waals surface area contributed by atoms with Gasteiger partial charge in [0, 0.05) is 19.4 Å². The van der Waals surface area contributed by atoms with Gasteiger partial charge in [-0.25, -0.2) is 18.1 Å². The number of amides is 1. The van der Waals surface area contributed by atoms with Gasteiger partial charge in [0.15, 0.2) is 5.82 Å². The minimum Gasteiger partial charge on any atom is -0.332 e. The normalized spacial score (nSPS) is 11.4. The van der Waals surface area contributed by atoms with Crippen molar-refractivity contribution in [1.29, 1.82) is 0 Å². The van der Waals surface area contributed by atoms with E-state index in [4.69, 9.17) is 11.6 Å². The summed E-state index contributed by atoms with van der Waals surface area (Å²) < 4.78 is 28.9. The Kier molecular flexibility index (Phi) is 5.29. The summed E-state index contributed by atoms with van der Waals surface area (Å²) in [7, 11) is -2.35. The lowest BCUT2D eigenvalue weighted by molar-refractivity contribution is 0.0977. The molecule has 0 aliphatic heterocycles. The van der Waals surface area contributed by atoms with Gasteiger partial charge in [-0.05, 0) is 30.2 Å². The molecule has 0 saturated heterocycles. The predicted octanol–water partition coefficient (Wildman–Crippen LogP) is 2.82. The second kappa shape index (κ2) is 7.50. The average molecular weight is 405 g/mol. The Balaban J connectivity index is 1.91. The summed E-state index contributed by atoms with van der Waals surface area (Å²) >= 11 is 6.13. The molecule has 3 aromatic rings. The van der Waals surface area contributed by atoms with Crippen LogP contribution in [0.2, 0.25) is 5.02 Å². The van der Waals surface area contributed by atoms with E-state index in [1.54, 1.807) is 48.1 Å². The number of nitrogens with zero attached hydrogens (tertiary/aromatic N) is 3. The third-order valence-electron chi connectivity index (χ3n) is 3.95. The molecular formula is C18H17ClN4O3S. The first-order valence-corrected chi connectivity index (χ1v) is 9.99. The van der Waals surface area contributed by atoms with E-state index in [9.17, 15) is 13.2 Å². The van der Waals surface area contributed by atoms with E-state index >= 15 is 0 Å². The van der Waals surface area contributed by atoms with Crippen LogP contribution in [0.5, 0.6) is 0 Å². The monoisotopic (exact) mass is 404 g/mol. The molecule has 0 saturated carbocycles. The van der Waals surface area contributed by atoms with Gasteiger partial charge in [-0.2, -0.15) is 0 Å². The third-order valence-corrected chi connectivity index (χ3v) is 5.69. The Morgan fingerprint density at radius 3 is 2.67 bits per heavy atom. The van der Waals surface area contributed by atoms with Crippen molar-refractivity contribution in [3.05, 3.63) is 65.1 Å². The van der Waals surface area contributed by atoms with Crippen LogP contribution in [0, 0.1) is 0 Å². The number of hydrogen-bond donors (Lipinski definition) is 1. The van der Waals surface area contributed by atoms with E-state index in [2.05, 4.69) is 14.7 Å². The highest BCUT2D eigenvalue weighted by Gasteiger charge is 2.24. The van der Waals surface area contributed by atoms with Crippen molar-refractivity contribution < 1.29 is 13.2 Å². The van der Waals surface area contributed by atoms with Gasteiger partial charge in [0.25, 0.3) is 15.9 Å². The van der Waals surface area contributed by atoms with Gasteiger partial charge in [-0.3, -0.25) is 9.78 Å². The van der Waals surface area contributed by atoms with Gasteiger partial charge < -0.3 is 4.57 Å². The van der Waals surface area contributed by atoms with Gasteiger partial charge in [0.2, 0.25) is 0 Å². The molecular weight excluding hydrogens is 388 g/mol. The molecule has 0 unspecified atom stereocenters. The molecule has 2 heterocycles. The van der Waals surface area contributed by atoms with Crippen LogP contribution in [0.15, 0.2) is 53.7 Å². The van der Waals surface area contributed by atoms with E-state index in [-0.39, 0.29) is 10.6 Å². The summed E-state index contributed by atoms with van der Waals surface area (Å²) in [6.45, 7) is 1.85. The molecule has 0 fully saturated rings. The Labute approximate surface area is 162 Å². The van der Waals surface area contributed by atoms with Crippen molar-refractivity contribution in [2.75, 3.05) is 0 Å². The number of aryl methyl sites for hydroxylation is 2. The van der Waals surface area contributed by atoms with Crippen molar-refractivity contribution in [3.8, 4) is 11.5 Å². The van der Waals surface area contributed by atoms with E-state index in [1.807, 2.05) is 6.92 Å². The summed E-state index contributed by atoms with van der Waals surface area (Å²) in [5.74, 6) is -0.466. The zero-order valence-corrected chi connectivity index (χ0v) is 16.3. The first-order valence-electron chi connectivity index (χ1n) is 8.12. The van der Waals surface area contributed by atoms with Crippen LogP contribution in [0.1, 0.15) is 23.0 Å². The highest BCUT2D eigenvalue weighted by atomic mass is 35.5. The molecule has 1 N–H and O–H groups in total. The van der Waals surface area contributed by atoms with E-state index < -0.39 is 15.9 Å². The standard InChI is InChI=1S/C18H17ClN4O3S/c1-3-12-7-4-5-9-15(12)27(25,26)22-18(24)14-11-23(2)17(21-14)16-13(19)8-6-10-20-16/h4-11H,3H2,1-2H3,(H,22,24). The molecule has 0 radical (unpaired) electrons. The second-order valence-corrected chi connectivity index (χ2v) is 7.85. The molecule has 0 aliphatic carbocycles. The van der Waals surface area contributed by atoms with Crippen LogP contribution in [0.25, 0.3) is 11.5 Å². The van der Waals surface area contributed by atoms with E-state index in [0.717, 1.165) is 0 Å². The molecule has 0 spiro atoms. The quantitative estimate of drug-likeness (QED) is 0.705. The molecule has 0 aliphatic rings. The zero-order valence-electron chi connectivity index (χ0n) is 14.7. The molecule has 27 heavy (non-hydrogen) atoms. The number of carbonyl (C=O) groups excluding carboxylic acids is 1. The van der Waals surface area contributed by atoms with Gasteiger partial charge in [0.05, 0.1) is 9.92 Å². The molecule has 2 aromatic heterocycles. The number of halogens is 1. The molecule has 1 amide bonds. The summed E-state index contributed by atoms with van der Waals surface area (Å²) in [6.07, 6.45) is 3.51. The Hall–Kier alpha value is -2.71. The second-order valence-electron chi connectivity index (χ2n) is 5.79. The van der Waals surface area contributed by atoms with Crippen molar-refractivity contribution in [2.24, 2.45) is 7.05 Å². The lowest BCUT2D eigenvalue weighted by Gasteiger charge is -2.09. The van der Waals surface area contributed by atoms with Gasteiger partial charge in [-0.15, -0.1) is 0 Å². The highest BCUT2D eigenvalue weighted by molar-refractivity contribution is 7.90. The number of aromatic nitrogens is 3. The Morgan fingerprint density at radius 1 is 1.22 bits per heavy atom. The van der Waals surface area contributed by atoms with E-state index in [0.29, 0.717) is 28.5 Å². The first kappa shape index (κ1) is 19.1. The van der Waals surface area contributed by atoms with Crippen LogP contribution in [-0.2, 0) is 23.5 Å². The van der Waals surface area contributed by atoms with Crippen molar-refractivity contribution in [2.45, 2.75) is 18.2 Å². The Bertz CT molecular complexity index is 1110. The fourth-order valence-electron chi connectivity index (χ4n) is 2.63. The lowest BCUT2D eigenvalue weighted by Crippen LogP contribution is -2.31. The maximum Gasteiger partial charge on any atom is 0.285 e. The third kappa shape index (κ3) is 3.86. The molecule has 0 atom stereocenters. The topological polar surface area (TPSA) is 94.0 Å². The molecule has 9 heteroatoms. The van der Waals surface area contributed by atoms with Crippen LogP contribution < -0.4 is 4.72 Å². The largest absolute Gasteiger partial charge is 0.332 e. The smallest absolute Gasteiger partial charge is 0.285 e. The fraction of sp³-hybridized carbons (Fsp3) is 0.167. The number of sulfonamides is 1. The lowest BCUT2D eigenvalue weighted by atomic mass is 10.2. The molecule has 0 bridgehead atoms. The average Bonchev–Trinajstić information content (AvgIpc) is 3.03. The summed E-state index contributed by atoms with van der Waals surface area (Å²) in [6, 6.07) is 9.87. The first-order chi connectivity index (χ1) is 12.8. The molecule has 140 valence electrons.